The van der Waals surface area contributed by atoms with E-state index in [1.807, 2.05) is 0 Å². The van der Waals surface area contributed by atoms with Crippen molar-refractivity contribution in [3.05, 3.63) is 10.4 Å². The molecule has 0 amide bonds. The second-order valence-corrected chi connectivity index (χ2v) is 3.15. The van der Waals surface area contributed by atoms with Gasteiger partial charge in [-0.1, -0.05) is 0 Å². The first-order valence-corrected chi connectivity index (χ1v) is 4.44. The monoisotopic (exact) mass is 265 g/mol. The van der Waals surface area contributed by atoms with E-state index in [9.17, 15) is 10.4 Å². The van der Waals surface area contributed by atoms with Gasteiger partial charge in [0.1, 0.15) is 0 Å². The van der Waals surface area contributed by atoms with E-state index in [1.54, 1.807) is 0 Å². The fourth-order valence-corrected chi connectivity index (χ4v) is 0.964. The zero-order chi connectivity index (χ0) is 7.98. The molecule has 0 radical (unpaired) electrons. The molecule has 0 aliphatic carbocycles. The van der Waals surface area contributed by atoms with Crippen LogP contribution in [-0.4, -0.2) is 13.2 Å². The predicted molar refractivity (Wildman–Crippen MR) is 25.8 cm³/mol. The summed E-state index contributed by atoms with van der Waals surface area (Å²) in [4.78, 5) is 7.40. The standard InChI is InChI=1S/CH6IN4O4/c3-9-5(7)1-2-6(8)10-4/h1,3-4H2/q-3. The van der Waals surface area contributed by atoms with Crippen molar-refractivity contribution in [3.8, 4) is 0 Å². The van der Waals surface area contributed by atoms with Crippen molar-refractivity contribution in [2.24, 2.45) is 11.8 Å². The zero-order valence-corrected chi connectivity index (χ0v) is 6.92. The topological polar surface area (TPSA) is 123 Å². The van der Waals surface area contributed by atoms with Crippen LogP contribution in [0.1, 0.15) is 0 Å². The van der Waals surface area contributed by atoms with Crippen LogP contribution in [0.15, 0.2) is 0 Å². The van der Waals surface area contributed by atoms with Crippen molar-refractivity contribution in [1.29, 1.82) is 0 Å². The van der Waals surface area contributed by atoms with Gasteiger partial charge in [0.2, 0.25) is 0 Å². The van der Waals surface area contributed by atoms with Gasteiger partial charge in [-0.3, -0.25) is 0 Å². The van der Waals surface area contributed by atoms with Crippen LogP contribution in [0.25, 0.3) is 0 Å². The first-order chi connectivity index (χ1) is 4.70. The molecule has 9 heteroatoms. The molecular weight excluding hydrogens is 259 g/mol. The van der Waals surface area contributed by atoms with Gasteiger partial charge in [-0.2, -0.15) is 0 Å². The molecule has 4 N–H and O–H groups in total. The first kappa shape index (κ1) is 10.4. The third-order valence-corrected chi connectivity index (χ3v) is 2.10. The van der Waals surface area contributed by atoms with Crippen LogP contribution < -0.4 is 33.3 Å². The molecule has 0 rings (SSSR count). The minimum atomic E-state index is -1.15. The number of alkyl halides is 1. The van der Waals surface area contributed by atoms with Crippen LogP contribution in [0, 0.1) is 10.4 Å². The van der Waals surface area contributed by atoms with Gasteiger partial charge < -0.3 is 0 Å². The number of hydrogen-bond donors (Lipinski definition) is 2. The Morgan fingerprint density at radius 2 is 1.90 bits per heavy atom. The van der Waals surface area contributed by atoms with Crippen LogP contribution >= 0.6 is 0 Å². The predicted octanol–water partition coefficient (Wildman–Crippen LogP) is -4.84. The number of hydrogen-bond acceptors (Lipinski definition) is 8. The molecule has 0 aliphatic rings. The summed E-state index contributed by atoms with van der Waals surface area (Å²) in [7, 11) is 0. The van der Waals surface area contributed by atoms with Gasteiger partial charge in [0, 0.05) is 0 Å². The van der Waals surface area contributed by atoms with Gasteiger partial charge in [-0.15, -0.1) is 0 Å². The molecule has 0 spiro atoms. The Balaban J connectivity index is 3.17. The van der Waals surface area contributed by atoms with E-state index < -0.39 is 21.5 Å². The number of halogens is 1. The maximum atomic E-state index is 10.2. The van der Waals surface area contributed by atoms with Crippen molar-refractivity contribution < 1.29 is 31.4 Å². The summed E-state index contributed by atoms with van der Waals surface area (Å²) in [5, 5.41) is 20.4. The number of nitrogens with zero attached hydrogens (tertiary/aromatic N) is 2. The maximum absolute atomic E-state index is 10.2. The molecule has 0 atom stereocenters. The molecule has 0 fully saturated rings. The van der Waals surface area contributed by atoms with Crippen molar-refractivity contribution >= 4 is 0 Å². The van der Waals surface area contributed by atoms with Gasteiger partial charge in [0.05, 0.1) is 0 Å². The minimum absolute atomic E-state index is 0.0667. The molecule has 64 valence electrons. The molecule has 0 aromatic rings. The summed E-state index contributed by atoms with van der Waals surface area (Å²) < 4.78 is -0.00111. The van der Waals surface area contributed by atoms with E-state index in [4.69, 9.17) is 0 Å². The van der Waals surface area contributed by atoms with Crippen LogP contribution in [-0.2, 0) is 9.88 Å². The molecule has 0 aromatic carbocycles. The second-order valence-electron chi connectivity index (χ2n) is 0.995. The SMILES string of the molecule is NON([O-])C[I-]N([O-])ON. The fourth-order valence-electron chi connectivity index (χ4n) is 0.144. The van der Waals surface area contributed by atoms with E-state index in [1.165, 1.54) is 0 Å². The molecule has 0 unspecified atom stereocenters. The molecule has 0 saturated carbocycles. The van der Waals surface area contributed by atoms with E-state index in [-0.39, 0.29) is 13.2 Å². The Labute approximate surface area is 67.2 Å². The molecule has 8 nitrogen and oxygen atoms in total. The Hall–Kier alpha value is 0.410. The van der Waals surface area contributed by atoms with E-state index in [2.05, 4.69) is 21.7 Å². The van der Waals surface area contributed by atoms with Crippen molar-refractivity contribution in [2.75, 3.05) is 4.55 Å². The average molecular weight is 265 g/mol. The Bertz CT molecular complexity index is 73.7. The van der Waals surface area contributed by atoms with Gasteiger partial charge in [0.25, 0.3) is 0 Å². The quantitative estimate of drug-likeness (QED) is 0.167. The fraction of sp³-hybridized carbons (Fsp3) is 1.00. The summed E-state index contributed by atoms with van der Waals surface area (Å²) in [5.41, 5.74) is 0. The number of nitrogens with two attached hydrogens (primary N) is 2. The Kier molecular flexibility index (Phi) is 6.39. The third kappa shape index (κ3) is 5.21. The molecule has 0 bridgehead atoms. The molecular formula is CH6IN4O4-3. The van der Waals surface area contributed by atoms with Crippen molar-refractivity contribution in [1.82, 2.24) is 8.67 Å². The van der Waals surface area contributed by atoms with Crippen molar-refractivity contribution in [3.63, 3.8) is 0 Å². The molecule has 0 saturated heterocycles. The number of hydroxylamine groups is 2. The van der Waals surface area contributed by atoms with Gasteiger partial charge in [0.15, 0.2) is 0 Å². The van der Waals surface area contributed by atoms with Crippen LogP contribution in [0.3, 0.4) is 0 Å². The van der Waals surface area contributed by atoms with Crippen LogP contribution in [0.4, 0.5) is 0 Å². The van der Waals surface area contributed by atoms with Gasteiger partial charge in [-0.25, -0.2) is 0 Å². The van der Waals surface area contributed by atoms with Crippen LogP contribution in [0.5, 0.6) is 0 Å². The first-order valence-electron chi connectivity index (χ1n) is 1.95. The third-order valence-electron chi connectivity index (χ3n) is 0.449. The summed E-state index contributed by atoms with van der Waals surface area (Å²) in [6, 6.07) is 0. The summed E-state index contributed by atoms with van der Waals surface area (Å²) in [5.74, 6) is 8.89. The molecule has 0 aromatic heterocycles. The van der Waals surface area contributed by atoms with E-state index in [0.717, 1.165) is 0 Å². The van der Waals surface area contributed by atoms with Crippen molar-refractivity contribution in [2.45, 2.75) is 0 Å². The Morgan fingerprint density at radius 3 is 2.30 bits per heavy atom. The average Bonchev–Trinajstić information content (AvgIpc) is 1.99. The van der Waals surface area contributed by atoms with E-state index >= 15 is 0 Å². The molecule has 10 heavy (non-hydrogen) atoms. The molecule has 0 heterocycles. The second kappa shape index (κ2) is 6.14. The summed E-state index contributed by atoms with van der Waals surface area (Å²) in [6.45, 7) is 0. The summed E-state index contributed by atoms with van der Waals surface area (Å²) in [6.07, 6.45) is 0. The van der Waals surface area contributed by atoms with Gasteiger partial charge >= 0.3 is 66.8 Å². The molecule has 0 aliphatic heterocycles. The van der Waals surface area contributed by atoms with Gasteiger partial charge in [-0.05, 0) is 0 Å². The normalized spacial score (nSPS) is 11.8. The van der Waals surface area contributed by atoms with E-state index in [0.29, 0.717) is 0 Å². The zero-order valence-electron chi connectivity index (χ0n) is 4.77. The summed E-state index contributed by atoms with van der Waals surface area (Å²) >= 11 is -1.15. The Morgan fingerprint density at radius 1 is 1.30 bits per heavy atom. The van der Waals surface area contributed by atoms with Crippen LogP contribution in [0.2, 0.25) is 0 Å². The number of rotatable bonds is 5.